The quantitative estimate of drug-likeness (QED) is 0.552. The van der Waals surface area contributed by atoms with Gasteiger partial charge >= 0.3 is 0 Å². The Bertz CT molecular complexity index is 215. The van der Waals surface area contributed by atoms with E-state index in [0.717, 1.165) is 17.4 Å². The van der Waals surface area contributed by atoms with Crippen molar-refractivity contribution in [3.8, 4) is 0 Å². The molecule has 0 spiro atoms. The van der Waals surface area contributed by atoms with Crippen molar-refractivity contribution in [3.05, 3.63) is 0 Å². The zero-order chi connectivity index (χ0) is 11.0. The standard InChI is InChI=1S/C9H20Cl2OSi2/c1-9(2)5-6-14(7-10,8-11)13(3,4)12-9/h5-8H2,1-4H3. The lowest BCUT2D eigenvalue weighted by atomic mass is 10.1. The van der Waals surface area contributed by atoms with Crippen LogP contribution in [-0.4, -0.2) is 32.0 Å². The summed E-state index contributed by atoms with van der Waals surface area (Å²) in [7, 11) is -3.13. The molecule has 84 valence electrons. The lowest BCUT2D eigenvalue weighted by Gasteiger charge is -2.51. The number of alkyl halides is 2. The van der Waals surface area contributed by atoms with Gasteiger partial charge in [-0.1, -0.05) is 6.04 Å². The van der Waals surface area contributed by atoms with Crippen molar-refractivity contribution in [3.63, 3.8) is 0 Å². The molecule has 1 aliphatic rings. The fourth-order valence-electron chi connectivity index (χ4n) is 2.18. The first-order valence-corrected chi connectivity index (χ1v) is 12.7. The van der Waals surface area contributed by atoms with Crippen LogP contribution in [-0.2, 0) is 4.43 Å². The van der Waals surface area contributed by atoms with E-state index in [2.05, 4.69) is 26.9 Å². The SMILES string of the molecule is CC1(C)CC[Si](CCl)(CCl)[Si](C)(C)O1. The van der Waals surface area contributed by atoms with Crippen molar-refractivity contribution in [2.75, 3.05) is 11.0 Å². The number of hydrogen-bond donors (Lipinski definition) is 0. The van der Waals surface area contributed by atoms with Gasteiger partial charge in [-0.15, -0.1) is 23.2 Å². The van der Waals surface area contributed by atoms with Gasteiger partial charge in [0, 0.05) is 11.0 Å². The molecule has 1 aliphatic heterocycles. The number of halogens is 2. The molecule has 0 aromatic heterocycles. The minimum absolute atomic E-state index is 0.0460. The van der Waals surface area contributed by atoms with E-state index in [1.54, 1.807) is 0 Å². The lowest BCUT2D eigenvalue weighted by Crippen LogP contribution is -2.70. The molecule has 1 fully saturated rings. The molecule has 0 atom stereocenters. The second-order valence-corrected chi connectivity index (χ2v) is 20.6. The minimum atomic E-state index is -1.63. The molecular formula is C9H20Cl2OSi2. The molecule has 5 heteroatoms. The molecule has 0 aliphatic carbocycles. The van der Waals surface area contributed by atoms with Crippen molar-refractivity contribution in [1.29, 1.82) is 0 Å². The molecule has 0 saturated carbocycles. The summed E-state index contributed by atoms with van der Waals surface area (Å²) in [5.41, 5.74) is 1.59. The van der Waals surface area contributed by atoms with E-state index in [-0.39, 0.29) is 5.60 Å². The summed E-state index contributed by atoms with van der Waals surface area (Å²) < 4.78 is 6.29. The van der Waals surface area contributed by atoms with E-state index in [0.29, 0.717) is 0 Å². The van der Waals surface area contributed by atoms with Gasteiger partial charge in [0.25, 0.3) is 0 Å². The topological polar surface area (TPSA) is 9.23 Å². The fourth-order valence-corrected chi connectivity index (χ4v) is 19.6. The molecule has 14 heavy (non-hydrogen) atoms. The third-order valence-corrected chi connectivity index (χ3v) is 23.6. The summed E-state index contributed by atoms with van der Waals surface area (Å²) in [6, 6.07) is 1.24. The van der Waals surface area contributed by atoms with Crippen LogP contribution in [0.15, 0.2) is 0 Å². The molecule has 1 nitrogen and oxygen atoms in total. The highest BCUT2D eigenvalue weighted by molar-refractivity contribution is 7.42. The van der Waals surface area contributed by atoms with Gasteiger partial charge in [-0.3, -0.25) is 0 Å². The molecule has 0 aromatic carbocycles. The van der Waals surface area contributed by atoms with Crippen molar-refractivity contribution < 1.29 is 4.43 Å². The first-order valence-electron chi connectivity index (χ1n) is 5.11. The van der Waals surface area contributed by atoms with Gasteiger partial charge in [0.2, 0.25) is 0 Å². The van der Waals surface area contributed by atoms with Crippen LogP contribution in [0.2, 0.25) is 19.1 Å². The second kappa shape index (κ2) is 4.09. The van der Waals surface area contributed by atoms with Crippen LogP contribution >= 0.6 is 23.2 Å². The average Bonchev–Trinajstić information content (AvgIpc) is 2.03. The molecule has 1 heterocycles. The fraction of sp³-hybridized carbons (Fsp3) is 1.00. The molecule has 0 aromatic rings. The van der Waals surface area contributed by atoms with Gasteiger partial charge < -0.3 is 4.43 Å². The highest BCUT2D eigenvalue weighted by Gasteiger charge is 2.55. The molecule has 0 bridgehead atoms. The molecule has 0 radical (unpaired) electrons. The largest absolute Gasteiger partial charge is 0.415 e. The Hall–Kier alpha value is 0.974. The van der Waals surface area contributed by atoms with Crippen LogP contribution in [0.25, 0.3) is 0 Å². The summed E-state index contributed by atoms with van der Waals surface area (Å²) in [5, 5.41) is 0. The van der Waals surface area contributed by atoms with Crippen LogP contribution < -0.4 is 0 Å². The number of rotatable bonds is 2. The summed E-state index contributed by atoms with van der Waals surface area (Å²) in [6.45, 7) is 8.96. The van der Waals surface area contributed by atoms with E-state index in [1.807, 2.05) is 0 Å². The Morgan fingerprint density at radius 2 is 1.71 bits per heavy atom. The van der Waals surface area contributed by atoms with E-state index in [9.17, 15) is 0 Å². The first-order chi connectivity index (χ1) is 6.29. The molecular weight excluding hydrogens is 251 g/mol. The third-order valence-electron chi connectivity index (χ3n) is 3.53. The maximum Gasteiger partial charge on any atom is 0.177 e. The summed E-state index contributed by atoms with van der Waals surface area (Å²) in [4.78, 5) is 0. The lowest BCUT2D eigenvalue weighted by molar-refractivity contribution is 0.0932. The summed E-state index contributed by atoms with van der Waals surface area (Å²) in [5.74, 6) is 0. The molecule has 0 amide bonds. The maximum absolute atomic E-state index is 6.29. The smallest absolute Gasteiger partial charge is 0.177 e. The first kappa shape index (κ1) is 13.0. The molecule has 0 N–H and O–H groups in total. The predicted molar refractivity (Wildman–Crippen MR) is 69.3 cm³/mol. The molecule has 1 saturated heterocycles. The van der Waals surface area contributed by atoms with Crippen molar-refractivity contribution in [1.82, 2.24) is 0 Å². The Balaban J connectivity index is 2.92. The monoisotopic (exact) mass is 270 g/mol. The Morgan fingerprint density at radius 1 is 1.21 bits per heavy atom. The van der Waals surface area contributed by atoms with Crippen LogP contribution in [0.5, 0.6) is 0 Å². The third kappa shape index (κ3) is 2.22. The zero-order valence-corrected chi connectivity index (χ0v) is 13.0. The van der Waals surface area contributed by atoms with Gasteiger partial charge in [0.15, 0.2) is 7.83 Å². The van der Waals surface area contributed by atoms with Gasteiger partial charge in [-0.25, -0.2) is 0 Å². The normalized spacial score (nSPS) is 28.7. The second-order valence-electron chi connectivity index (χ2n) is 5.42. The van der Waals surface area contributed by atoms with Gasteiger partial charge in [0.05, 0.1) is 5.60 Å². The van der Waals surface area contributed by atoms with Gasteiger partial charge in [-0.05, 0) is 33.4 Å². The number of hydrogen-bond acceptors (Lipinski definition) is 1. The highest BCUT2D eigenvalue weighted by atomic mass is 35.5. The molecule has 1 rings (SSSR count). The van der Waals surface area contributed by atoms with Crippen LogP contribution in [0, 0.1) is 0 Å². The van der Waals surface area contributed by atoms with E-state index >= 15 is 0 Å². The van der Waals surface area contributed by atoms with Crippen molar-refractivity contribution in [2.24, 2.45) is 0 Å². The Kier molecular flexibility index (Phi) is 3.81. The van der Waals surface area contributed by atoms with Crippen LogP contribution in [0.4, 0.5) is 0 Å². The predicted octanol–water partition coefficient (Wildman–Crippen LogP) is 3.47. The van der Waals surface area contributed by atoms with Crippen LogP contribution in [0.3, 0.4) is 0 Å². The van der Waals surface area contributed by atoms with Crippen molar-refractivity contribution in [2.45, 2.75) is 45.0 Å². The minimum Gasteiger partial charge on any atom is -0.415 e. The average molecular weight is 271 g/mol. The van der Waals surface area contributed by atoms with Gasteiger partial charge in [-0.2, -0.15) is 0 Å². The Labute approximate surface area is 99.0 Å². The zero-order valence-electron chi connectivity index (χ0n) is 9.49. The van der Waals surface area contributed by atoms with E-state index in [1.165, 1.54) is 6.04 Å². The summed E-state index contributed by atoms with van der Waals surface area (Å²) in [6.07, 6.45) is 1.12. The van der Waals surface area contributed by atoms with E-state index < -0.39 is 15.4 Å². The van der Waals surface area contributed by atoms with Crippen molar-refractivity contribution >= 4 is 38.6 Å². The van der Waals surface area contributed by atoms with Crippen LogP contribution in [0.1, 0.15) is 20.3 Å². The molecule has 0 unspecified atom stereocenters. The van der Waals surface area contributed by atoms with Gasteiger partial charge in [0.1, 0.15) is 7.59 Å². The maximum atomic E-state index is 6.29. The highest BCUT2D eigenvalue weighted by Crippen LogP contribution is 2.39. The summed E-state index contributed by atoms with van der Waals surface area (Å²) >= 11 is 12.3. The Morgan fingerprint density at radius 3 is 2.07 bits per heavy atom. The van der Waals surface area contributed by atoms with E-state index in [4.69, 9.17) is 27.6 Å².